The molecule has 0 amide bonds. The molecule has 1 aliphatic rings. The summed E-state index contributed by atoms with van der Waals surface area (Å²) >= 11 is 0. The van der Waals surface area contributed by atoms with Gasteiger partial charge in [-0.1, -0.05) is 24.3 Å². The van der Waals surface area contributed by atoms with Crippen LogP contribution in [0.4, 0.5) is 10.2 Å². The topological polar surface area (TPSA) is 137 Å². The number of hydrogen-bond donors (Lipinski definition) is 2. The number of halogens is 1. The quantitative estimate of drug-likeness (QED) is 0.303. The molecule has 2 unspecified atom stereocenters. The zero-order valence-corrected chi connectivity index (χ0v) is 21.9. The van der Waals surface area contributed by atoms with Gasteiger partial charge in [0.15, 0.2) is 5.65 Å². The Morgan fingerprint density at radius 2 is 1.98 bits per heavy atom. The Morgan fingerprint density at radius 1 is 1.20 bits per heavy atom. The number of anilines is 1. The van der Waals surface area contributed by atoms with Gasteiger partial charge in [-0.25, -0.2) is 23.8 Å². The smallest absolute Gasteiger partial charge is 0.343 e. The van der Waals surface area contributed by atoms with Crippen LogP contribution in [0, 0.1) is 11.7 Å². The molecule has 2 atom stereocenters. The molecule has 0 radical (unpaired) electrons. The van der Waals surface area contributed by atoms with Crippen LogP contribution in [0.5, 0.6) is 5.75 Å². The molecule has 9 nitrogen and oxygen atoms in total. The van der Waals surface area contributed by atoms with Crippen LogP contribution in [-0.4, -0.2) is 30.6 Å². The number of carbonyl (C=O) groups excluding carboxylic acids is 1. The summed E-state index contributed by atoms with van der Waals surface area (Å²) in [5.74, 6) is -0.274. The molecule has 10 heteroatoms. The van der Waals surface area contributed by atoms with Gasteiger partial charge in [0, 0.05) is 23.1 Å². The molecule has 3 heterocycles. The Morgan fingerprint density at radius 3 is 2.67 bits per heavy atom. The Kier molecular flexibility index (Phi) is 6.17. The van der Waals surface area contributed by atoms with Crippen molar-refractivity contribution in [3.8, 4) is 17.0 Å². The molecular weight excluding hydrogens is 513 g/mol. The Labute approximate surface area is 227 Å². The number of aromatic nitrogens is 4. The highest BCUT2D eigenvalue weighted by molar-refractivity contribution is 5.99. The highest BCUT2D eigenvalue weighted by Gasteiger charge is 2.29. The molecule has 0 aliphatic heterocycles. The molecule has 202 valence electrons. The SMILES string of the molecule is CC(=O)C1CC=C(c2c(C(C)n3nc(-c4cc(O)cc(F)c4)c4c(N)ncnc43)oc(=O)c3ccccc23)CC1. The van der Waals surface area contributed by atoms with E-state index in [1.54, 1.807) is 23.7 Å². The minimum atomic E-state index is -0.647. The number of nitrogens with zero attached hydrogens (tertiary/aromatic N) is 4. The summed E-state index contributed by atoms with van der Waals surface area (Å²) in [5.41, 5.74) is 8.44. The largest absolute Gasteiger partial charge is 0.508 e. The lowest BCUT2D eigenvalue weighted by atomic mass is 9.83. The fourth-order valence-corrected chi connectivity index (χ4v) is 5.56. The van der Waals surface area contributed by atoms with Gasteiger partial charge in [-0.15, -0.1) is 0 Å². The number of Topliss-reactive ketones (excluding diaryl/α,β-unsaturated/α-hetero) is 1. The average Bonchev–Trinajstić information content (AvgIpc) is 3.33. The van der Waals surface area contributed by atoms with Crippen molar-refractivity contribution in [1.82, 2.24) is 19.7 Å². The van der Waals surface area contributed by atoms with Crippen molar-refractivity contribution in [2.75, 3.05) is 5.73 Å². The van der Waals surface area contributed by atoms with E-state index in [0.717, 1.165) is 22.6 Å². The zero-order chi connectivity index (χ0) is 28.1. The number of benzene rings is 2. The molecular formula is C30H26FN5O4. The number of allylic oxidation sites excluding steroid dienone is 2. The number of phenolic OH excluding ortho intramolecular Hbond substituents is 1. The van der Waals surface area contributed by atoms with Crippen molar-refractivity contribution >= 4 is 39.0 Å². The van der Waals surface area contributed by atoms with Crippen LogP contribution in [0.1, 0.15) is 50.5 Å². The molecule has 2 aromatic carbocycles. The van der Waals surface area contributed by atoms with Gasteiger partial charge in [-0.3, -0.25) is 4.79 Å². The minimum Gasteiger partial charge on any atom is -0.508 e. The zero-order valence-electron chi connectivity index (χ0n) is 21.9. The van der Waals surface area contributed by atoms with Crippen LogP contribution in [0.3, 0.4) is 0 Å². The summed E-state index contributed by atoms with van der Waals surface area (Å²) < 4.78 is 21.8. The first-order valence-electron chi connectivity index (χ1n) is 13.0. The van der Waals surface area contributed by atoms with Crippen LogP contribution >= 0.6 is 0 Å². The van der Waals surface area contributed by atoms with E-state index < -0.39 is 17.5 Å². The Bertz CT molecular complexity index is 1890. The second-order valence-corrected chi connectivity index (χ2v) is 10.1. The highest BCUT2D eigenvalue weighted by Crippen LogP contribution is 2.40. The molecule has 5 aromatic rings. The van der Waals surface area contributed by atoms with Crippen LogP contribution < -0.4 is 11.4 Å². The third-order valence-electron chi connectivity index (χ3n) is 7.59. The van der Waals surface area contributed by atoms with Crippen LogP contribution in [0.2, 0.25) is 0 Å². The number of aromatic hydroxyl groups is 1. The molecule has 40 heavy (non-hydrogen) atoms. The second kappa shape index (κ2) is 9.71. The molecule has 0 saturated heterocycles. The highest BCUT2D eigenvalue weighted by atomic mass is 19.1. The maximum Gasteiger partial charge on any atom is 0.343 e. The maximum atomic E-state index is 14.2. The van der Waals surface area contributed by atoms with Crippen molar-refractivity contribution < 1.29 is 18.7 Å². The predicted octanol–water partition coefficient (Wildman–Crippen LogP) is 5.41. The van der Waals surface area contributed by atoms with Crippen molar-refractivity contribution in [1.29, 1.82) is 0 Å². The number of hydrogen-bond acceptors (Lipinski definition) is 8. The van der Waals surface area contributed by atoms with Gasteiger partial charge in [0.1, 0.15) is 47.0 Å². The van der Waals surface area contributed by atoms with E-state index >= 15 is 0 Å². The number of phenols is 1. The normalized spacial score (nSPS) is 16.3. The van der Waals surface area contributed by atoms with Gasteiger partial charge >= 0.3 is 5.63 Å². The van der Waals surface area contributed by atoms with Gasteiger partial charge < -0.3 is 15.3 Å². The molecule has 6 rings (SSSR count). The number of nitrogen functional groups attached to an aromatic ring is 1. The van der Waals surface area contributed by atoms with E-state index in [9.17, 15) is 19.1 Å². The predicted molar refractivity (Wildman–Crippen MR) is 149 cm³/mol. The fourth-order valence-electron chi connectivity index (χ4n) is 5.56. The molecule has 1 aliphatic carbocycles. The maximum absolute atomic E-state index is 14.2. The van der Waals surface area contributed by atoms with Crippen molar-refractivity contribution in [3.63, 3.8) is 0 Å². The molecule has 3 aromatic heterocycles. The Balaban J connectivity index is 1.59. The third-order valence-corrected chi connectivity index (χ3v) is 7.59. The lowest BCUT2D eigenvalue weighted by Crippen LogP contribution is -2.18. The standard InChI is InChI=1S/C30H26FN5O4/c1-15(36-29-25(28(32)33-14-34-29)26(35-36)19-11-20(31)13-21(38)12-19)27-24(18-9-7-17(8-10-18)16(2)37)22-5-3-4-6-23(22)30(39)40-27/h3-6,9,11-15,17,38H,7-8,10H2,1-2H3,(H2,32,33,34). The number of nitrogens with two attached hydrogens (primary N) is 1. The number of carbonyl (C=O) groups is 1. The van der Waals surface area contributed by atoms with E-state index in [4.69, 9.17) is 15.2 Å². The number of fused-ring (bicyclic) bond motifs is 2. The lowest BCUT2D eigenvalue weighted by molar-refractivity contribution is -0.120. The van der Waals surface area contributed by atoms with Gasteiger partial charge in [0.05, 0.1) is 10.8 Å². The van der Waals surface area contributed by atoms with Crippen molar-refractivity contribution in [2.45, 2.75) is 39.2 Å². The van der Waals surface area contributed by atoms with Crippen LogP contribution in [-0.2, 0) is 4.79 Å². The molecule has 0 saturated carbocycles. The lowest BCUT2D eigenvalue weighted by Gasteiger charge is -2.24. The summed E-state index contributed by atoms with van der Waals surface area (Å²) in [7, 11) is 0. The van der Waals surface area contributed by atoms with Crippen molar-refractivity contribution in [3.05, 3.63) is 82.4 Å². The molecule has 3 N–H and O–H groups in total. The summed E-state index contributed by atoms with van der Waals surface area (Å²) in [6.07, 6.45) is 5.30. The monoisotopic (exact) mass is 539 g/mol. The number of ketones is 1. The average molecular weight is 540 g/mol. The first-order valence-corrected chi connectivity index (χ1v) is 13.0. The molecule has 0 fully saturated rings. The van der Waals surface area contributed by atoms with Gasteiger partial charge in [-0.2, -0.15) is 5.10 Å². The summed E-state index contributed by atoms with van der Waals surface area (Å²) in [5, 5.41) is 16.4. The van der Waals surface area contributed by atoms with E-state index in [0.29, 0.717) is 47.0 Å². The third kappa shape index (κ3) is 4.21. The second-order valence-electron chi connectivity index (χ2n) is 10.1. The van der Waals surface area contributed by atoms with Gasteiger partial charge in [0.2, 0.25) is 0 Å². The first-order chi connectivity index (χ1) is 19.2. The minimum absolute atomic E-state index is 0.0356. The summed E-state index contributed by atoms with van der Waals surface area (Å²) in [6, 6.07) is 10.2. The summed E-state index contributed by atoms with van der Waals surface area (Å²) in [6.45, 7) is 3.44. The molecule has 0 bridgehead atoms. The van der Waals surface area contributed by atoms with E-state index in [-0.39, 0.29) is 29.0 Å². The van der Waals surface area contributed by atoms with Crippen LogP contribution in [0.25, 0.3) is 38.6 Å². The van der Waals surface area contributed by atoms with Crippen LogP contribution in [0.15, 0.2) is 64.1 Å². The fraction of sp³-hybridized carbons (Fsp3) is 0.233. The number of rotatable bonds is 5. The van der Waals surface area contributed by atoms with Crippen molar-refractivity contribution in [2.24, 2.45) is 5.92 Å². The van der Waals surface area contributed by atoms with E-state index in [2.05, 4.69) is 16.0 Å². The summed E-state index contributed by atoms with van der Waals surface area (Å²) in [4.78, 5) is 33.7. The van der Waals surface area contributed by atoms with Gasteiger partial charge in [0.25, 0.3) is 0 Å². The van der Waals surface area contributed by atoms with Gasteiger partial charge in [-0.05, 0) is 62.3 Å². The molecule has 0 spiro atoms. The van der Waals surface area contributed by atoms with E-state index in [1.165, 1.54) is 18.5 Å². The van der Waals surface area contributed by atoms with E-state index in [1.807, 2.05) is 19.1 Å². The Hall–Kier alpha value is -4.86. The first kappa shape index (κ1) is 25.4.